The fourth-order valence-corrected chi connectivity index (χ4v) is 2.33. The van der Waals surface area contributed by atoms with Crippen LogP contribution in [0.4, 0.5) is 5.82 Å². The van der Waals surface area contributed by atoms with Crippen LogP contribution in [0, 0.1) is 11.3 Å². The minimum atomic E-state index is -3.82. The normalized spacial score (nSPS) is 10.7. The van der Waals surface area contributed by atoms with Gasteiger partial charge in [0.15, 0.2) is 0 Å². The topological polar surface area (TPSA) is 121 Å². The summed E-state index contributed by atoms with van der Waals surface area (Å²) in [5.41, 5.74) is -0.128. The van der Waals surface area contributed by atoms with Gasteiger partial charge in [0.2, 0.25) is 11.5 Å². The van der Waals surface area contributed by atoms with Crippen LogP contribution in [0.25, 0.3) is 0 Å². The molecule has 0 radical (unpaired) electrons. The number of ether oxygens (including phenoxy) is 1. The average molecular weight is 279 g/mol. The molecule has 2 rings (SSSR count). The highest BCUT2D eigenvalue weighted by atomic mass is 32.2. The summed E-state index contributed by atoms with van der Waals surface area (Å²) in [5.74, 6) is 0.399. The van der Waals surface area contributed by atoms with Crippen molar-refractivity contribution in [1.29, 1.82) is 5.26 Å². The predicted molar refractivity (Wildman–Crippen MR) is 64.9 cm³/mol. The Morgan fingerprint density at radius 2 is 2.00 bits per heavy atom. The van der Waals surface area contributed by atoms with Gasteiger partial charge in [0.25, 0.3) is 10.0 Å². The summed E-state index contributed by atoms with van der Waals surface area (Å²) in [4.78, 5) is 0.0280. The Bertz CT molecular complexity index is 714. The van der Waals surface area contributed by atoms with Gasteiger partial charge in [0, 0.05) is 0 Å². The fourth-order valence-electron chi connectivity index (χ4n) is 1.32. The maximum atomic E-state index is 12.0. The zero-order valence-corrected chi connectivity index (χ0v) is 10.6. The van der Waals surface area contributed by atoms with Crippen LogP contribution in [0.2, 0.25) is 0 Å². The maximum absolute atomic E-state index is 12.0. The lowest BCUT2D eigenvalue weighted by Crippen LogP contribution is -2.14. The zero-order valence-electron chi connectivity index (χ0n) is 9.78. The summed E-state index contributed by atoms with van der Waals surface area (Å²) < 4.78 is 31.2. The van der Waals surface area contributed by atoms with Gasteiger partial charge >= 0.3 is 0 Å². The van der Waals surface area contributed by atoms with Gasteiger partial charge in [-0.1, -0.05) is 0 Å². The number of aromatic amines is 1. The predicted octanol–water partition coefficient (Wildman–Crippen LogP) is 0.486. The molecule has 0 fully saturated rings. The van der Waals surface area contributed by atoms with Gasteiger partial charge < -0.3 is 4.74 Å². The van der Waals surface area contributed by atoms with Crippen LogP contribution < -0.4 is 9.46 Å². The summed E-state index contributed by atoms with van der Waals surface area (Å²) in [5, 5.41) is 17.9. The van der Waals surface area contributed by atoms with E-state index in [1.165, 1.54) is 31.4 Å². The summed E-state index contributed by atoms with van der Waals surface area (Å²) in [6, 6.07) is 7.51. The van der Waals surface area contributed by atoms with Gasteiger partial charge in [-0.3, -0.25) is 4.72 Å². The standard InChI is InChI=1S/C10H9N5O3S/c1-18-7-2-4-8(5-3-7)19(16,17)14-10-9(6-11)12-15-13-10/h2-5H,1H3,(H2,12,13,14,15). The second kappa shape index (κ2) is 4.95. The number of nitrogens with one attached hydrogen (secondary N) is 2. The monoisotopic (exact) mass is 279 g/mol. The molecule has 1 aromatic carbocycles. The van der Waals surface area contributed by atoms with E-state index < -0.39 is 10.0 Å². The van der Waals surface area contributed by atoms with Gasteiger partial charge in [-0.25, -0.2) is 8.42 Å². The summed E-state index contributed by atoms with van der Waals surface area (Å²) in [6.07, 6.45) is 0. The lowest BCUT2D eigenvalue weighted by atomic mass is 10.3. The third-order valence-corrected chi connectivity index (χ3v) is 3.61. The molecule has 2 aromatic rings. The molecule has 8 nitrogen and oxygen atoms in total. The molecule has 0 unspecified atom stereocenters. The second-order valence-electron chi connectivity index (χ2n) is 3.41. The number of nitriles is 1. The molecule has 0 aliphatic heterocycles. The molecule has 19 heavy (non-hydrogen) atoms. The number of anilines is 1. The summed E-state index contributed by atoms with van der Waals surface area (Å²) in [6.45, 7) is 0. The molecule has 0 saturated heterocycles. The van der Waals surface area contributed by atoms with E-state index in [0.717, 1.165) is 0 Å². The first-order chi connectivity index (χ1) is 9.06. The fraction of sp³-hybridized carbons (Fsp3) is 0.100. The SMILES string of the molecule is COc1ccc(S(=O)(=O)Nc2n[nH]nc2C#N)cc1. The molecule has 1 heterocycles. The van der Waals surface area contributed by atoms with Gasteiger partial charge in [-0.2, -0.15) is 10.5 Å². The third-order valence-electron chi connectivity index (χ3n) is 2.25. The second-order valence-corrected chi connectivity index (χ2v) is 5.10. The largest absolute Gasteiger partial charge is 0.497 e. The first-order valence-electron chi connectivity index (χ1n) is 5.04. The number of hydrogen-bond acceptors (Lipinski definition) is 6. The van der Waals surface area contributed by atoms with E-state index in [1.807, 2.05) is 0 Å². The van der Waals surface area contributed by atoms with Crippen molar-refractivity contribution in [2.45, 2.75) is 4.90 Å². The Kier molecular flexibility index (Phi) is 3.35. The molecule has 0 aliphatic carbocycles. The molecule has 1 aromatic heterocycles. The van der Waals surface area contributed by atoms with Crippen molar-refractivity contribution in [1.82, 2.24) is 15.4 Å². The van der Waals surface area contributed by atoms with Gasteiger partial charge in [-0.15, -0.1) is 10.2 Å². The molecular weight excluding hydrogens is 270 g/mol. The molecule has 9 heteroatoms. The van der Waals surface area contributed by atoms with E-state index in [1.54, 1.807) is 6.07 Å². The van der Waals surface area contributed by atoms with Crippen molar-refractivity contribution in [3.63, 3.8) is 0 Å². The van der Waals surface area contributed by atoms with Crippen molar-refractivity contribution in [3.8, 4) is 11.8 Å². The van der Waals surface area contributed by atoms with Crippen molar-refractivity contribution < 1.29 is 13.2 Å². The van der Waals surface area contributed by atoms with Crippen LogP contribution in [0.3, 0.4) is 0 Å². The van der Waals surface area contributed by atoms with E-state index in [0.29, 0.717) is 5.75 Å². The highest BCUT2D eigenvalue weighted by Gasteiger charge is 2.18. The average Bonchev–Trinajstić information content (AvgIpc) is 2.85. The molecule has 0 saturated carbocycles. The van der Waals surface area contributed by atoms with Crippen molar-refractivity contribution in [2.75, 3.05) is 11.8 Å². The number of benzene rings is 1. The van der Waals surface area contributed by atoms with Gasteiger partial charge in [0.05, 0.1) is 12.0 Å². The van der Waals surface area contributed by atoms with Crippen molar-refractivity contribution >= 4 is 15.8 Å². The maximum Gasteiger partial charge on any atom is 0.263 e. The quantitative estimate of drug-likeness (QED) is 0.839. The molecule has 0 atom stereocenters. The van der Waals surface area contributed by atoms with Crippen LogP contribution in [-0.4, -0.2) is 30.9 Å². The highest BCUT2D eigenvalue weighted by molar-refractivity contribution is 7.92. The Morgan fingerprint density at radius 1 is 1.32 bits per heavy atom. The van der Waals surface area contributed by atoms with Gasteiger partial charge in [-0.05, 0) is 24.3 Å². The Hall–Kier alpha value is -2.60. The number of hydrogen-bond donors (Lipinski definition) is 2. The molecule has 0 spiro atoms. The summed E-state index contributed by atoms with van der Waals surface area (Å²) in [7, 11) is -2.34. The molecule has 98 valence electrons. The third kappa shape index (κ3) is 2.63. The van der Waals surface area contributed by atoms with Crippen LogP contribution >= 0.6 is 0 Å². The van der Waals surface area contributed by atoms with E-state index in [-0.39, 0.29) is 16.4 Å². The minimum absolute atomic E-state index is 0.0280. The van der Waals surface area contributed by atoms with Crippen molar-refractivity contribution in [3.05, 3.63) is 30.0 Å². The van der Waals surface area contributed by atoms with Crippen LogP contribution in [0.15, 0.2) is 29.2 Å². The molecule has 0 amide bonds. The molecule has 0 bridgehead atoms. The molecular formula is C10H9N5O3S. The van der Waals surface area contributed by atoms with Gasteiger partial charge in [0.1, 0.15) is 11.8 Å². The van der Waals surface area contributed by atoms with Crippen molar-refractivity contribution in [2.24, 2.45) is 0 Å². The first kappa shape index (κ1) is 12.8. The van der Waals surface area contributed by atoms with E-state index in [4.69, 9.17) is 10.00 Å². The van der Waals surface area contributed by atoms with E-state index in [9.17, 15) is 8.42 Å². The van der Waals surface area contributed by atoms with E-state index >= 15 is 0 Å². The Balaban J connectivity index is 2.30. The number of methoxy groups -OCH3 is 1. The zero-order chi connectivity index (χ0) is 13.9. The molecule has 2 N–H and O–H groups in total. The minimum Gasteiger partial charge on any atom is -0.497 e. The number of aromatic nitrogens is 3. The van der Waals surface area contributed by atoms with Crippen LogP contribution in [0.1, 0.15) is 5.69 Å². The van der Waals surface area contributed by atoms with E-state index in [2.05, 4.69) is 20.1 Å². The Morgan fingerprint density at radius 3 is 2.58 bits per heavy atom. The van der Waals surface area contributed by atoms with Crippen LogP contribution in [0.5, 0.6) is 5.75 Å². The number of rotatable bonds is 4. The lowest BCUT2D eigenvalue weighted by molar-refractivity contribution is 0.414. The molecule has 0 aliphatic rings. The number of H-pyrrole nitrogens is 1. The number of nitrogens with zero attached hydrogens (tertiary/aromatic N) is 3. The lowest BCUT2D eigenvalue weighted by Gasteiger charge is -2.06. The summed E-state index contributed by atoms with van der Waals surface area (Å²) >= 11 is 0. The first-order valence-corrected chi connectivity index (χ1v) is 6.53. The highest BCUT2D eigenvalue weighted by Crippen LogP contribution is 2.18. The Labute approximate surface area is 109 Å². The number of sulfonamides is 1. The van der Waals surface area contributed by atoms with Crippen LogP contribution in [-0.2, 0) is 10.0 Å². The smallest absolute Gasteiger partial charge is 0.263 e.